The molecule has 0 radical (unpaired) electrons. The van der Waals surface area contributed by atoms with Gasteiger partial charge in [-0.15, -0.1) is 0 Å². The molecule has 1 heterocycles. The van der Waals surface area contributed by atoms with Crippen molar-refractivity contribution in [3.05, 3.63) is 34.6 Å². The highest BCUT2D eigenvalue weighted by atomic mass is 35.5. The van der Waals surface area contributed by atoms with E-state index in [1.807, 2.05) is 0 Å². The lowest BCUT2D eigenvalue weighted by atomic mass is 9.87. The van der Waals surface area contributed by atoms with Gasteiger partial charge in [0, 0.05) is 18.4 Å². The molecule has 18 heavy (non-hydrogen) atoms. The van der Waals surface area contributed by atoms with E-state index in [2.05, 4.69) is 19.2 Å². The van der Waals surface area contributed by atoms with Gasteiger partial charge in [-0.25, -0.2) is 4.39 Å². The first-order valence-electron chi connectivity index (χ1n) is 6.21. The second-order valence-electron chi connectivity index (χ2n) is 5.29. The van der Waals surface area contributed by atoms with E-state index < -0.39 is 5.82 Å². The van der Waals surface area contributed by atoms with E-state index in [1.165, 1.54) is 6.07 Å². The Morgan fingerprint density at radius 2 is 2.22 bits per heavy atom. The summed E-state index contributed by atoms with van der Waals surface area (Å²) in [5.74, 6) is 0.244. The molecule has 0 saturated carbocycles. The molecule has 1 aliphatic heterocycles. The Kier molecular flexibility index (Phi) is 3.91. The van der Waals surface area contributed by atoms with Crippen LogP contribution < -0.4 is 5.32 Å². The lowest BCUT2D eigenvalue weighted by molar-refractivity contribution is -0.119. The van der Waals surface area contributed by atoms with Crippen molar-refractivity contribution in [2.75, 3.05) is 0 Å². The Morgan fingerprint density at radius 1 is 1.50 bits per heavy atom. The summed E-state index contributed by atoms with van der Waals surface area (Å²) in [5.41, 5.74) is 0.936. The molecule has 1 N–H and O–H groups in total. The summed E-state index contributed by atoms with van der Waals surface area (Å²) in [6, 6.07) is 4.85. The van der Waals surface area contributed by atoms with Crippen LogP contribution in [0.25, 0.3) is 0 Å². The third-order valence-corrected chi connectivity index (χ3v) is 3.62. The van der Waals surface area contributed by atoms with E-state index in [4.69, 9.17) is 11.6 Å². The van der Waals surface area contributed by atoms with E-state index in [0.717, 1.165) is 12.0 Å². The fraction of sp³-hybridized carbons (Fsp3) is 0.500. The van der Waals surface area contributed by atoms with E-state index in [0.29, 0.717) is 12.3 Å². The zero-order chi connectivity index (χ0) is 13.3. The normalized spacial score (nSPS) is 23.5. The van der Waals surface area contributed by atoms with Crippen molar-refractivity contribution in [2.24, 2.45) is 5.92 Å². The molecule has 0 spiro atoms. The molecule has 1 saturated heterocycles. The first kappa shape index (κ1) is 13.3. The predicted octanol–water partition coefficient (Wildman–Crippen LogP) is 3.50. The summed E-state index contributed by atoms with van der Waals surface area (Å²) < 4.78 is 13.2. The predicted molar refractivity (Wildman–Crippen MR) is 70.2 cm³/mol. The molecule has 1 aromatic rings. The highest BCUT2D eigenvalue weighted by molar-refractivity contribution is 6.30. The lowest BCUT2D eigenvalue weighted by Gasteiger charge is -2.21. The summed E-state index contributed by atoms with van der Waals surface area (Å²) in [6.07, 6.45) is 1.38. The molecule has 1 aliphatic rings. The largest absolute Gasteiger partial charge is 0.353 e. The highest BCUT2D eigenvalue weighted by Gasteiger charge is 2.33. The molecule has 1 amide bonds. The molecule has 0 aromatic heterocycles. The van der Waals surface area contributed by atoms with E-state index in [9.17, 15) is 9.18 Å². The van der Waals surface area contributed by atoms with Gasteiger partial charge in [0.25, 0.3) is 0 Å². The maximum atomic E-state index is 13.2. The Balaban J connectivity index is 2.24. The number of halogens is 2. The number of amides is 1. The first-order chi connectivity index (χ1) is 8.47. The van der Waals surface area contributed by atoms with E-state index >= 15 is 0 Å². The van der Waals surface area contributed by atoms with Gasteiger partial charge in [-0.3, -0.25) is 4.79 Å². The fourth-order valence-electron chi connectivity index (χ4n) is 2.53. The van der Waals surface area contributed by atoms with Crippen LogP contribution in [0.2, 0.25) is 5.02 Å². The second-order valence-corrected chi connectivity index (χ2v) is 5.69. The summed E-state index contributed by atoms with van der Waals surface area (Å²) in [6.45, 7) is 4.25. The maximum absolute atomic E-state index is 13.2. The van der Waals surface area contributed by atoms with Gasteiger partial charge < -0.3 is 5.32 Å². The Hall–Kier alpha value is -1.09. The Morgan fingerprint density at radius 3 is 2.83 bits per heavy atom. The number of carbonyl (C=O) groups excluding carboxylic acids is 1. The van der Waals surface area contributed by atoms with Crippen LogP contribution in [0.4, 0.5) is 4.39 Å². The molecular formula is C14H17ClFNO. The Bertz CT molecular complexity index is 461. The van der Waals surface area contributed by atoms with Gasteiger partial charge >= 0.3 is 0 Å². The van der Waals surface area contributed by atoms with Crippen LogP contribution in [-0.2, 0) is 4.79 Å². The molecule has 2 atom stereocenters. The number of carbonyl (C=O) groups is 1. The third kappa shape index (κ3) is 2.83. The van der Waals surface area contributed by atoms with Gasteiger partial charge in [0.2, 0.25) is 5.91 Å². The minimum Gasteiger partial charge on any atom is -0.353 e. The molecule has 2 rings (SSSR count). The van der Waals surface area contributed by atoms with Crippen LogP contribution in [0.15, 0.2) is 18.2 Å². The van der Waals surface area contributed by atoms with Crippen LogP contribution in [-0.4, -0.2) is 11.9 Å². The van der Waals surface area contributed by atoms with Crippen LogP contribution in [0.1, 0.15) is 38.2 Å². The van der Waals surface area contributed by atoms with Gasteiger partial charge in [-0.1, -0.05) is 31.5 Å². The fourth-order valence-corrected chi connectivity index (χ4v) is 2.72. The maximum Gasteiger partial charge on any atom is 0.220 e. The lowest BCUT2D eigenvalue weighted by Crippen LogP contribution is -2.29. The Labute approximate surface area is 112 Å². The highest BCUT2D eigenvalue weighted by Crippen LogP contribution is 2.33. The summed E-state index contributed by atoms with van der Waals surface area (Å²) >= 11 is 5.80. The summed E-state index contributed by atoms with van der Waals surface area (Å²) in [4.78, 5) is 11.6. The van der Waals surface area contributed by atoms with Crippen molar-refractivity contribution in [3.63, 3.8) is 0 Å². The minimum absolute atomic E-state index is 0.0612. The van der Waals surface area contributed by atoms with Crippen LogP contribution in [0.5, 0.6) is 0 Å². The summed E-state index contributed by atoms with van der Waals surface area (Å²) in [7, 11) is 0. The van der Waals surface area contributed by atoms with Gasteiger partial charge in [0.1, 0.15) is 5.82 Å². The monoisotopic (exact) mass is 269 g/mol. The average Bonchev–Trinajstić information content (AvgIpc) is 2.62. The average molecular weight is 270 g/mol. The smallest absolute Gasteiger partial charge is 0.220 e. The second kappa shape index (κ2) is 5.27. The number of hydrogen-bond donors (Lipinski definition) is 1. The van der Waals surface area contributed by atoms with E-state index in [1.54, 1.807) is 12.1 Å². The van der Waals surface area contributed by atoms with Crippen LogP contribution in [0, 0.1) is 11.7 Å². The van der Waals surface area contributed by atoms with Crippen LogP contribution >= 0.6 is 11.6 Å². The minimum atomic E-state index is -0.418. The number of hydrogen-bond acceptors (Lipinski definition) is 1. The number of benzene rings is 1. The van der Waals surface area contributed by atoms with Gasteiger partial charge in [-0.05, 0) is 30.0 Å². The topological polar surface area (TPSA) is 29.1 Å². The molecule has 2 unspecified atom stereocenters. The molecule has 0 bridgehead atoms. The number of nitrogens with one attached hydrogen (secondary N) is 1. The van der Waals surface area contributed by atoms with Gasteiger partial charge in [0.05, 0.1) is 5.02 Å². The zero-order valence-corrected chi connectivity index (χ0v) is 11.3. The van der Waals surface area contributed by atoms with Crippen molar-refractivity contribution >= 4 is 17.5 Å². The van der Waals surface area contributed by atoms with Crippen molar-refractivity contribution in [2.45, 2.75) is 38.6 Å². The van der Waals surface area contributed by atoms with Gasteiger partial charge in [0.15, 0.2) is 0 Å². The molecule has 2 nitrogen and oxygen atoms in total. The molecule has 1 fully saturated rings. The third-order valence-electron chi connectivity index (χ3n) is 3.33. The van der Waals surface area contributed by atoms with Crippen molar-refractivity contribution in [3.8, 4) is 0 Å². The zero-order valence-electron chi connectivity index (χ0n) is 10.5. The van der Waals surface area contributed by atoms with Crippen molar-refractivity contribution in [1.82, 2.24) is 5.32 Å². The molecule has 0 aliphatic carbocycles. The van der Waals surface area contributed by atoms with E-state index in [-0.39, 0.29) is 22.9 Å². The summed E-state index contributed by atoms with van der Waals surface area (Å²) in [5, 5.41) is 3.11. The van der Waals surface area contributed by atoms with Crippen LogP contribution in [0.3, 0.4) is 0 Å². The quantitative estimate of drug-likeness (QED) is 0.894. The van der Waals surface area contributed by atoms with Crippen molar-refractivity contribution < 1.29 is 9.18 Å². The first-order valence-corrected chi connectivity index (χ1v) is 6.59. The number of rotatable bonds is 3. The molecular weight excluding hydrogens is 253 g/mol. The molecule has 4 heteroatoms. The SMILES string of the molecule is CC(C)CC1NC(=O)CC1c1ccc(F)c(Cl)c1. The van der Waals surface area contributed by atoms with Gasteiger partial charge in [-0.2, -0.15) is 0 Å². The molecule has 98 valence electrons. The van der Waals surface area contributed by atoms with Crippen molar-refractivity contribution in [1.29, 1.82) is 0 Å². The standard InChI is InChI=1S/C14H17ClFNO/c1-8(2)5-13-10(7-14(18)17-13)9-3-4-12(16)11(15)6-9/h3-4,6,8,10,13H,5,7H2,1-2H3,(H,17,18). The molecule has 1 aromatic carbocycles.